The van der Waals surface area contributed by atoms with E-state index < -0.39 is 0 Å². The Morgan fingerprint density at radius 2 is 1.85 bits per heavy atom. The summed E-state index contributed by atoms with van der Waals surface area (Å²) in [5.74, 6) is -0.0638. The van der Waals surface area contributed by atoms with Gasteiger partial charge in [-0.25, -0.2) is 0 Å². The Morgan fingerprint density at radius 1 is 1.30 bits per heavy atom. The van der Waals surface area contributed by atoms with Gasteiger partial charge in [-0.15, -0.1) is 0 Å². The van der Waals surface area contributed by atoms with Crippen LogP contribution in [0.15, 0.2) is 42.5 Å². The predicted molar refractivity (Wildman–Crippen MR) is 79.3 cm³/mol. The molecule has 0 bridgehead atoms. The zero-order chi connectivity index (χ0) is 14.5. The van der Waals surface area contributed by atoms with Crippen molar-refractivity contribution >= 4 is 5.91 Å². The maximum absolute atomic E-state index is 11.8. The molecule has 1 N–H and O–H groups in total. The molecule has 1 amide bonds. The highest BCUT2D eigenvalue weighted by Gasteiger charge is 2.28. The third kappa shape index (κ3) is 5.35. The highest BCUT2D eigenvalue weighted by atomic mass is 35.5. The van der Waals surface area contributed by atoms with Gasteiger partial charge < -0.3 is 22.2 Å². The highest BCUT2D eigenvalue weighted by Crippen LogP contribution is 2.15. The van der Waals surface area contributed by atoms with Gasteiger partial charge in [0, 0.05) is 17.6 Å². The molecule has 0 aliphatic carbocycles. The lowest BCUT2D eigenvalue weighted by atomic mass is 10.1. The molecule has 0 saturated heterocycles. The van der Waals surface area contributed by atoms with E-state index in [1.54, 1.807) is 6.92 Å². The number of nitrogens with one attached hydrogen (secondary N) is 1. The van der Waals surface area contributed by atoms with Gasteiger partial charge in [-0.2, -0.15) is 0 Å². The van der Waals surface area contributed by atoms with Gasteiger partial charge in [0.25, 0.3) is 5.91 Å². The molecule has 0 aromatic heterocycles. The van der Waals surface area contributed by atoms with Crippen LogP contribution in [0, 0.1) is 0 Å². The largest absolute Gasteiger partial charge is 1.00 e. The van der Waals surface area contributed by atoms with E-state index in [0.29, 0.717) is 5.57 Å². The molecule has 1 unspecified atom stereocenters. The summed E-state index contributed by atoms with van der Waals surface area (Å²) < 4.78 is 0.722. The van der Waals surface area contributed by atoms with Crippen molar-refractivity contribution in [3.63, 3.8) is 0 Å². The first kappa shape index (κ1) is 18.7. The number of carbonyl (C=O) groups excluding carboxylic acids is 1. The average molecular weight is 297 g/mol. The number of hydrogen-bond donors (Lipinski definition) is 1. The predicted octanol–water partition coefficient (Wildman–Crippen LogP) is -0.305. The molecule has 3 nitrogen and oxygen atoms in total. The molecular formula is C16H25ClN2O. The van der Waals surface area contributed by atoms with Crippen molar-refractivity contribution < 1.29 is 21.7 Å². The molecule has 0 heterocycles. The number of halogens is 1. The minimum Gasteiger partial charge on any atom is -1.00 e. The second-order valence-corrected chi connectivity index (χ2v) is 5.60. The Balaban J connectivity index is 0.00000361. The fraction of sp³-hybridized carbons (Fsp3) is 0.438. The number of carbonyl (C=O) groups is 1. The molecule has 112 valence electrons. The molecule has 4 heteroatoms. The minimum atomic E-state index is -0.0638. The van der Waals surface area contributed by atoms with Crippen LogP contribution >= 0.6 is 0 Å². The van der Waals surface area contributed by atoms with E-state index in [1.165, 1.54) is 5.56 Å². The van der Waals surface area contributed by atoms with Crippen LogP contribution in [0.25, 0.3) is 0 Å². The van der Waals surface area contributed by atoms with Crippen molar-refractivity contribution in [2.45, 2.75) is 33.0 Å². The molecule has 20 heavy (non-hydrogen) atoms. The number of rotatable bonds is 6. The van der Waals surface area contributed by atoms with Gasteiger partial charge in [0.1, 0.15) is 6.54 Å². The molecule has 0 aliphatic heterocycles. The van der Waals surface area contributed by atoms with E-state index in [-0.39, 0.29) is 24.5 Å². The van der Waals surface area contributed by atoms with E-state index in [1.807, 2.05) is 18.2 Å². The lowest BCUT2D eigenvalue weighted by Gasteiger charge is -2.38. The Kier molecular flexibility index (Phi) is 7.54. The summed E-state index contributed by atoms with van der Waals surface area (Å²) in [5, 5.41) is 3.06. The van der Waals surface area contributed by atoms with Crippen molar-refractivity contribution in [1.82, 2.24) is 5.32 Å². The maximum atomic E-state index is 11.8. The van der Waals surface area contributed by atoms with Crippen LogP contribution in [0.4, 0.5) is 0 Å². The van der Waals surface area contributed by atoms with Gasteiger partial charge >= 0.3 is 0 Å². The topological polar surface area (TPSA) is 29.1 Å². The summed E-state index contributed by atoms with van der Waals surface area (Å²) in [7, 11) is 4.28. The number of hydrogen-bond acceptors (Lipinski definition) is 1. The van der Waals surface area contributed by atoms with E-state index in [2.05, 4.69) is 45.0 Å². The second-order valence-electron chi connectivity index (χ2n) is 5.60. The number of quaternary nitrogens is 1. The fourth-order valence-electron chi connectivity index (χ4n) is 2.21. The van der Waals surface area contributed by atoms with Crippen molar-refractivity contribution in [2.24, 2.45) is 0 Å². The van der Waals surface area contributed by atoms with Crippen LogP contribution in [0.2, 0.25) is 0 Å². The summed E-state index contributed by atoms with van der Waals surface area (Å²) in [4.78, 5) is 11.8. The summed E-state index contributed by atoms with van der Waals surface area (Å²) in [6, 6.07) is 10.3. The van der Waals surface area contributed by atoms with Crippen molar-refractivity contribution in [3.05, 3.63) is 48.0 Å². The summed E-state index contributed by atoms with van der Waals surface area (Å²) >= 11 is 0. The Labute approximate surface area is 128 Å². The molecule has 0 aliphatic rings. The van der Waals surface area contributed by atoms with Crippen LogP contribution in [0.5, 0.6) is 0 Å². The van der Waals surface area contributed by atoms with Gasteiger partial charge in [0.05, 0.1) is 14.1 Å². The third-order valence-electron chi connectivity index (χ3n) is 3.35. The first-order valence-electron chi connectivity index (χ1n) is 6.69. The summed E-state index contributed by atoms with van der Waals surface area (Å²) in [6.07, 6.45) is 0.975. The van der Waals surface area contributed by atoms with Crippen LogP contribution < -0.4 is 17.7 Å². The first-order chi connectivity index (χ1) is 8.86. The number of amides is 1. The molecule has 1 rings (SSSR count). The molecule has 1 aromatic rings. The molecule has 1 atom stereocenters. The Morgan fingerprint density at radius 3 is 2.30 bits per heavy atom. The van der Waals surface area contributed by atoms with E-state index >= 15 is 0 Å². The smallest absolute Gasteiger partial charge is 0.250 e. The van der Waals surface area contributed by atoms with Gasteiger partial charge in [0.2, 0.25) is 0 Å². The van der Waals surface area contributed by atoms with Crippen LogP contribution in [0.1, 0.15) is 25.8 Å². The van der Waals surface area contributed by atoms with Gasteiger partial charge in [-0.1, -0.05) is 43.8 Å². The van der Waals surface area contributed by atoms with E-state index in [9.17, 15) is 4.79 Å². The monoisotopic (exact) mass is 296 g/mol. The molecular weight excluding hydrogens is 272 g/mol. The summed E-state index contributed by atoms with van der Waals surface area (Å²) in [6.45, 7) is 8.40. The number of nitrogens with zero attached hydrogens (tertiary/aromatic N) is 1. The maximum Gasteiger partial charge on any atom is 0.250 e. The van der Waals surface area contributed by atoms with Gasteiger partial charge in [-0.05, 0) is 6.92 Å². The van der Waals surface area contributed by atoms with Crippen LogP contribution in [-0.4, -0.2) is 30.7 Å². The third-order valence-corrected chi connectivity index (χ3v) is 3.35. The molecule has 0 saturated carbocycles. The fourth-order valence-corrected chi connectivity index (χ4v) is 2.21. The van der Waals surface area contributed by atoms with Crippen molar-refractivity contribution in [2.75, 3.05) is 14.1 Å². The van der Waals surface area contributed by atoms with Crippen molar-refractivity contribution in [3.8, 4) is 0 Å². The molecule has 1 aromatic carbocycles. The van der Waals surface area contributed by atoms with E-state index in [4.69, 9.17) is 0 Å². The molecule has 0 radical (unpaired) electrons. The van der Waals surface area contributed by atoms with Gasteiger partial charge in [0.15, 0.2) is 6.17 Å². The first-order valence-corrected chi connectivity index (χ1v) is 6.69. The minimum absolute atomic E-state index is 0. The SMILES string of the molecule is C=C(C)C(=O)NC(CC)[N+](C)(C)Cc1ccccc1.[Cl-]. The molecule has 0 spiro atoms. The lowest BCUT2D eigenvalue weighted by molar-refractivity contribution is -0.930. The van der Waals surface area contributed by atoms with Gasteiger partial charge in [-0.3, -0.25) is 4.79 Å². The average Bonchev–Trinajstić information content (AvgIpc) is 2.35. The Hall–Kier alpha value is -1.32. The zero-order valence-corrected chi connectivity index (χ0v) is 13.6. The highest BCUT2D eigenvalue weighted by molar-refractivity contribution is 5.92. The molecule has 0 fully saturated rings. The Bertz CT molecular complexity index is 443. The normalized spacial score (nSPS) is 12.2. The summed E-state index contributed by atoms with van der Waals surface area (Å²) in [5.41, 5.74) is 1.83. The second kappa shape index (κ2) is 8.08. The van der Waals surface area contributed by atoms with Crippen molar-refractivity contribution in [1.29, 1.82) is 0 Å². The number of benzene rings is 1. The standard InChI is InChI=1S/C16H24N2O.ClH/c1-6-15(17-16(19)13(2)3)18(4,5)12-14-10-8-7-9-11-14;/h7-11,15H,2,6,12H2,1,3-5H3;1H. The zero-order valence-electron chi connectivity index (χ0n) is 12.8. The quantitative estimate of drug-likeness (QED) is 0.436. The van der Waals surface area contributed by atoms with Crippen LogP contribution in [-0.2, 0) is 11.3 Å². The lowest BCUT2D eigenvalue weighted by Crippen LogP contribution is -3.00. The van der Waals surface area contributed by atoms with E-state index in [0.717, 1.165) is 17.4 Å². The van der Waals surface area contributed by atoms with Crippen LogP contribution in [0.3, 0.4) is 0 Å².